The van der Waals surface area contributed by atoms with Crippen molar-refractivity contribution in [2.75, 3.05) is 19.1 Å². The third-order valence-electron chi connectivity index (χ3n) is 3.88. The molecule has 0 bridgehead atoms. The lowest BCUT2D eigenvalue weighted by molar-refractivity contribution is 0.0990. The largest absolute Gasteiger partial charge is 0.495 e. The maximum absolute atomic E-state index is 13.3. The molecule has 2 aromatic carbocycles. The summed E-state index contributed by atoms with van der Waals surface area (Å²) in [4.78, 5) is 18.5. The average Bonchev–Trinajstić information content (AvgIpc) is 2.70. The lowest BCUT2D eigenvalue weighted by atomic mass is 10.2. The SMILES string of the molecule is COc1ccccc1N(C)C(=O)c1ccncc1Oc1ccc(F)c(Cl)c1. The molecule has 0 aliphatic carbocycles. The van der Waals surface area contributed by atoms with Gasteiger partial charge >= 0.3 is 0 Å². The molecule has 27 heavy (non-hydrogen) atoms. The van der Waals surface area contributed by atoms with Crippen LogP contribution in [0.15, 0.2) is 60.9 Å². The summed E-state index contributed by atoms with van der Waals surface area (Å²) in [6.45, 7) is 0. The molecule has 0 saturated heterocycles. The first-order valence-corrected chi connectivity index (χ1v) is 8.37. The summed E-state index contributed by atoms with van der Waals surface area (Å²) in [5, 5.41) is -0.0737. The molecular formula is C20H16ClFN2O3. The highest BCUT2D eigenvalue weighted by molar-refractivity contribution is 6.30. The smallest absolute Gasteiger partial charge is 0.262 e. The van der Waals surface area contributed by atoms with Gasteiger partial charge < -0.3 is 14.4 Å². The van der Waals surface area contributed by atoms with Crippen LogP contribution in [0.3, 0.4) is 0 Å². The Morgan fingerprint density at radius 3 is 2.67 bits per heavy atom. The molecule has 0 saturated carbocycles. The van der Waals surface area contributed by atoms with Crippen LogP contribution in [-0.2, 0) is 0 Å². The molecule has 0 aliphatic rings. The summed E-state index contributed by atoms with van der Waals surface area (Å²) >= 11 is 5.79. The number of nitrogens with zero attached hydrogens (tertiary/aromatic N) is 2. The number of carbonyl (C=O) groups excluding carboxylic acids is 1. The summed E-state index contributed by atoms with van der Waals surface area (Å²) < 4.78 is 24.4. The molecule has 138 valence electrons. The lowest BCUT2D eigenvalue weighted by Crippen LogP contribution is -2.27. The molecular weight excluding hydrogens is 371 g/mol. The van der Waals surface area contributed by atoms with Crippen molar-refractivity contribution in [3.8, 4) is 17.2 Å². The summed E-state index contributed by atoms with van der Waals surface area (Å²) in [7, 11) is 3.18. The van der Waals surface area contributed by atoms with Crippen LogP contribution in [0, 0.1) is 5.82 Å². The highest BCUT2D eigenvalue weighted by atomic mass is 35.5. The van der Waals surface area contributed by atoms with Crippen molar-refractivity contribution in [1.29, 1.82) is 0 Å². The Bertz CT molecular complexity index is 981. The van der Waals surface area contributed by atoms with Crippen LogP contribution in [0.5, 0.6) is 17.2 Å². The van der Waals surface area contributed by atoms with Crippen LogP contribution in [0.4, 0.5) is 10.1 Å². The number of hydrogen-bond acceptors (Lipinski definition) is 4. The van der Waals surface area contributed by atoms with E-state index in [-0.39, 0.29) is 16.7 Å². The second-order valence-corrected chi connectivity index (χ2v) is 5.99. The van der Waals surface area contributed by atoms with Gasteiger partial charge in [0.25, 0.3) is 5.91 Å². The third-order valence-corrected chi connectivity index (χ3v) is 4.17. The fourth-order valence-corrected chi connectivity index (χ4v) is 2.67. The van der Waals surface area contributed by atoms with Gasteiger partial charge in [0.1, 0.15) is 17.3 Å². The Labute approximate surface area is 160 Å². The molecule has 3 aromatic rings. The molecule has 0 fully saturated rings. The molecule has 3 rings (SSSR count). The van der Waals surface area contributed by atoms with E-state index < -0.39 is 5.82 Å². The minimum Gasteiger partial charge on any atom is -0.495 e. The molecule has 1 amide bonds. The minimum absolute atomic E-state index is 0.0737. The van der Waals surface area contributed by atoms with E-state index in [1.165, 1.54) is 42.6 Å². The maximum atomic E-state index is 13.3. The molecule has 0 atom stereocenters. The lowest BCUT2D eigenvalue weighted by Gasteiger charge is -2.21. The number of halogens is 2. The monoisotopic (exact) mass is 386 g/mol. The number of hydrogen-bond donors (Lipinski definition) is 0. The average molecular weight is 387 g/mol. The zero-order valence-electron chi connectivity index (χ0n) is 14.6. The summed E-state index contributed by atoms with van der Waals surface area (Å²) in [6, 6.07) is 12.7. The van der Waals surface area contributed by atoms with Gasteiger partial charge in [0.2, 0.25) is 0 Å². The summed E-state index contributed by atoms with van der Waals surface area (Å²) in [6.07, 6.45) is 2.91. The summed E-state index contributed by atoms with van der Waals surface area (Å²) in [5.41, 5.74) is 0.899. The molecule has 0 aliphatic heterocycles. The van der Waals surface area contributed by atoms with E-state index in [0.717, 1.165) is 0 Å². The van der Waals surface area contributed by atoms with Gasteiger partial charge in [0.05, 0.1) is 29.6 Å². The van der Waals surface area contributed by atoms with Gasteiger partial charge in [-0.1, -0.05) is 23.7 Å². The molecule has 0 N–H and O–H groups in total. The number of rotatable bonds is 5. The van der Waals surface area contributed by atoms with E-state index >= 15 is 0 Å². The van der Waals surface area contributed by atoms with Crippen molar-refractivity contribution in [1.82, 2.24) is 4.98 Å². The van der Waals surface area contributed by atoms with Gasteiger partial charge in [0, 0.05) is 19.3 Å². The van der Waals surface area contributed by atoms with Crippen LogP contribution < -0.4 is 14.4 Å². The zero-order valence-corrected chi connectivity index (χ0v) is 15.4. The Morgan fingerprint density at radius 2 is 1.93 bits per heavy atom. The Hall–Kier alpha value is -3.12. The normalized spacial score (nSPS) is 10.4. The molecule has 7 heteroatoms. The van der Waals surface area contributed by atoms with Crippen molar-refractivity contribution in [2.24, 2.45) is 0 Å². The number of amides is 1. The molecule has 0 spiro atoms. The topological polar surface area (TPSA) is 51.7 Å². The number of aromatic nitrogens is 1. The number of anilines is 1. The first kappa shape index (κ1) is 18.7. The predicted octanol–water partition coefficient (Wildman–Crippen LogP) is 4.95. The number of para-hydroxylation sites is 2. The van der Waals surface area contributed by atoms with Crippen molar-refractivity contribution < 1.29 is 18.7 Å². The fourth-order valence-electron chi connectivity index (χ4n) is 2.50. The number of carbonyl (C=O) groups is 1. The van der Waals surface area contributed by atoms with Crippen molar-refractivity contribution in [3.05, 3.63) is 77.3 Å². The summed E-state index contributed by atoms with van der Waals surface area (Å²) in [5.74, 6) is 0.220. The number of benzene rings is 2. The van der Waals surface area contributed by atoms with Gasteiger partial charge in [-0.3, -0.25) is 9.78 Å². The molecule has 0 unspecified atom stereocenters. The van der Waals surface area contributed by atoms with Crippen molar-refractivity contribution in [2.45, 2.75) is 0 Å². The van der Waals surface area contributed by atoms with Gasteiger partial charge in [-0.2, -0.15) is 0 Å². The van der Waals surface area contributed by atoms with Crippen LogP contribution in [0.2, 0.25) is 5.02 Å². The molecule has 1 heterocycles. The van der Waals surface area contributed by atoms with Crippen LogP contribution in [0.25, 0.3) is 0 Å². The minimum atomic E-state index is -0.553. The van der Waals surface area contributed by atoms with E-state index in [0.29, 0.717) is 22.7 Å². The van der Waals surface area contributed by atoms with Crippen molar-refractivity contribution in [3.63, 3.8) is 0 Å². The Kier molecular flexibility index (Phi) is 5.57. The number of methoxy groups -OCH3 is 1. The predicted molar refractivity (Wildman–Crippen MR) is 101 cm³/mol. The highest BCUT2D eigenvalue weighted by Gasteiger charge is 2.21. The van der Waals surface area contributed by atoms with Gasteiger partial charge in [-0.25, -0.2) is 4.39 Å². The van der Waals surface area contributed by atoms with E-state index in [4.69, 9.17) is 21.1 Å². The second-order valence-electron chi connectivity index (χ2n) is 5.59. The molecule has 1 aromatic heterocycles. The number of ether oxygens (including phenoxy) is 2. The van der Waals surface area contributed by atoms with Crippen LogP contribution >= 0.6 is 11.6 Å². The van der Waals surface area contributed by atoms with E-state index in [2.05, 4.69) is 4.98 Å². The van der Waals surface area contributed by atoms with Crippen LogP contribution in [-0.4, -0.2) is 25.0 Å². The van der Waals surface area contributed by atoms with Crippen LogP contribution in [0.1, 0.15) is 10.4 Å². The molecule has 5 nitrogen and oxygen atoms in total. The van der Waals surface area contributed by atoms with Gasteiger partial charge in [-0.15, -0.1) is 0 Å². The van der Waals surface area contributed by atoms with Crippen molar-refractivity contribution >= 4 is 23.2 Å². The second kappa shape index (κ2) is 8.05. The maximum Gasteiger partial charge on any atom is 0.262 e. The number of pyridine rings is 1. The first-order valence-electron chi connectivity index (χ1n) is 7.99. The third kappa shape index (κ3) is 4.01. The first-order chi connectivity index (χ1) is 13.0. The standard InChI is InChI=1S/C20H16ClFN2O3/c1-24(17-5-3-4-6-18(17)26-2)20(25)14-9-10-23-12-19(14)27-13-7-8-16(22)15(21)11-13/h3-12H,1-2H3. The van der Waals surface area contributed by atoms with Gasteiger partial charge in [-0.05, 0) is 30.3 Å². The Balaban J connectivity index is 1.92. The quantitative estimate of drug-likeness (QED) is 0.622. The van der Waals surface area contributed by atoms with E-state index in [1.54, 1.807) is 25.2 Å². The van der Waals surface area contributed by atoms with E-state index in [9.17, 15) is 9.18 Å². The van der Waals surface area contributed by atoms with Gasteiger partial charge in [0.15, 0.2) is 5.75 Å². The highest BCUT2D eigenvalue weighted by Crippen LogP contribution is 2.31. The zero-order chi connectivity index (χ0) is 19.4. The molecule has 0 radical (unpaired) electrons. The fraction of sp³-hybridized carbons (Fsp3) is 0.100. The Morgan fingerprint density at radius 1 is 1.15 bits per heavy atom. The van der Waals surface area contributed by atoms with E-state index in [1.807, 2.05) is 12.1 Å².